The first-order valence-corrected chi connectivity index (χ1v) is 10.8. The number of carbonyl (C=O) groups is 2. The number of halogens is 2. The first-order valence-electron chi connectivity index (χ1n) is 8.19. The number of hydrogen-bond acceptors (Lipinski definition) is 5. The Bertz CT molecular complexity index is 945. The number of methoxy groups -OCH3 is 1. The lowest BCUT2D eigenvalue weighted by molar-refractivity contribution is -0.136. The van der Waals surface area contributed by atoms with E-state index in [1.165, 1.54) is 12.0 Å². The van der Waals surface area contributed by atoms with Crippen molar-refractivity contribution in [3.63, 3.8) is 0 Å². The standard InChI is InChI=1S/C17H18Cl2N2O5S/c1-9-14(16(22)26-2)15(10-3-4-12(18)13(19)7-10)20-17(23)21(9)11-5-6-27(24,25)8-11/h3-4,7,11,15H,5-6,8H2,1-2H3,(H,20,23)/t11-,15-/m0/s1. The van der Waals surface area contributed by atoms with Crippen LogP contribution in [0.5, 0.6) is 0 Å². The third kappa shape index (κ3) is 3.79. The molecule has 1 aromatic rings. The van der Waals surface area contributed by atoms with Gasteiger partial charge in [-0.1, -0.05) is 29.3 Å². The minimum absolute atomic E-state index is 0.0124. The van der Waals surface area contributed by atoms with Crippen LogP contribution in [0.25, 0.3) is 0 Å². The number of hydrogen-bond donors (Lipinski definition) is 1. The van der Waals surface area contributed by atoms with Crippen molar-refractivity contribution < 1.29 is 22.7 Å². The van der Waals surface area contributed by atoms with Gasteiger partial charge in [0.1, 0.15) is 0 Å². The van der Waals surface area contributed by atoms with Crippen LogP contribution in [0, 0.1) is 0 Å². The molecule has 27 heavy (non-hydrogen) atoms. The Balaban J connectivity index is 2.08. The highest BCUT2D eigenvalue weighted by Crippen LogP contribution is 2.36. The van der Waals surface area contributed by atoms with E-state index in [1.54, 1.807) is 25.1 Å². The summed E-state index contributed by atoms with van der Waals surface area (Å²) in [5.41, 5.74) is 1.15. The molecule has 0 radical (unpaired) electrons. The van der Waals surface area contributed by atoms with E-state index in [9.17, 15) is 18.0 Å². The van der Waals surface area contributed by atoms with E-state index in [2.05, 4.69) is 5.32 Å². The molecule has 2 aliphatic heterocycles. The summed E-state index contributed by atoms with van der Waals surface area (Å²) in [5, 5.41) is 3.40. The van der Waals surface area contributed by atoms with E-state index in [1.807, 2.05) is 0 Å². The molecule has 3 rings (SSSR count). The van der Waals surface area contributed by atoms with Crippen LogP contribution in [0.15, 0.2) is 29.5 Å². The Hall–Kier alpha value is -1.77. The van der Waals surface area contributed by atoms with E-state index >= 15 is 0 Å². The van der Waals surface area contributed by atoms with Crippen LogP contribution in [0.1, 0.15) is 24.9 Å². The second-order valence-corrected chi connectivity index (χ2v) is 9.52. The molecule has 0 bridgehead atoms. The minimum Gasteiger partial charge on any atom is -0.466 e. The Morgan fingerprint density at radius 1 is 1.30 bits per heavy atom. The van der Waals surface area contributed by atoms with Gasteiger partial charge in [0.15, 0.2) is 9.84 Å². The number of carbonyl (C=O) groups excluding carboxylic acids is 2. The lowest BCUT2D eigenvalue weighted by atomic mass is 9.94. The number of amides is 2. The molecule has 2 aliphatic rings. The summed E-state index contributed by atoms with van der Waals surface area (Å²) >= 11 is 12.0. The average Bonchev–Trinajstić information content (AvgIpc) is 2.95. The van der Waals surface area contributed by atoms with Gasteiger partial charge in [0.05, 0.1) is 46.3 Å². The normalized spacial score (nSPS) is 24.7. The van der Waals surface area contributed by atoms with Gasteiger partial charge in [-0.25, -0.2) is 18.0 Å². The summed E-state index contributed by atoms with van der Waals surface area (Å²) in [5.74, 6) is -0.739. The van der Waals surface area contributed by atoms with Crippen molar-refractivity contribution in [1.82, 2.24) is 10.2 Å². The van der Waals surface area contributed by atoms with Crippen LogP contribution in [0.4, 0.5) is 4.79 Å². The molecule has 0 aliphatic carbocycles. The number of benzene rings is 1. The Kier molecular flexibility index (Phi) is 5.42. The molecule has 1 aromatic carbocycles. The maximum atomic E-state index is 12.8. The van der Waals surface area contributed by atoms with E-state index in [0.29, 0.717) is 22.7 Å². The molecule has 0 unspecified atom stereocenters. The molecule has 2 amide bonds. The van der Waals surface area contributed by atoms with Gasteiger partial charge in [-0.15, -0.1) is 0 Å². The minimum atomic E-state index is -3.20. The molecule has 1 fully saturated rings. The van der Waals surface area contributed by atoms with Crippen molar-refractivity contribution in [2.75, 3.05) is 18.6 Å². The Labute approximate surface area is 167 Å². The largest absolute Gasteiger partial charge is 0.466 e. The van der Waals surface area contributed by atoms with Crippen LogP contribution in [0.3, 0.4) is 0 Å². The van der Waals surface area contributed by atoms with Gasteiger partial charge in [0.25, 0.3) is 0 Å². The van der Waals surface area contributed by atoms with Gasteiger partial charge in [-0.05, 0) is 31.0 Å². The SMILES string of the molecule is COC(=O)C1=C(C)N([C@H]2CCS(=O)(=O)C2)C(=O)N[C@H]1c1ccc(Cl)c(Cl)c1. The molecule has 2 atom stereocenters. The molecule has 146 valence electrons. The molecule has 0 spiro atoms. The van der Waals surface area contributed by atoms with Crippen molar-refractivity contribution in [1.29, 1.82) is 0 Å². The lowest BCUT2D eigenvalue weighted by Crippen LogP contribution is -2.52. The number of urea groups is 1. The van der Waals surface area contributed by atoms with Crippen molar-refractivity contribution in [2.24, 2.45) is 0 Å². The predicted molar refractivity (Wildman–Crippen MR) is 101 cm³/mol. The van der Waals surface area contributed by atoms with Crippen LogP contribution >= 0.6 is 23.2 Å². The van der Waals surface area contributed by atoms with Gasteiger partial charge in [0.2, 0.25) is 0 Å². The van der Waals surface area contributed by atoms with Crippen molar-refractivity contribution in [3.8, 4) is 0 Å². The Morgan fingerprint density at radius 3 is 2.56 bits per heavy atom. The van der Waals surface area contributed by atoms with Crippen molar-refractivity contribution in [2.45, 2.75) is 25.4 Å². The number of esters is 1. The number of nitrogens with one attached hydrogen (secondary N) is 1. The average molecular weight is 433 g/mol. The van der Waals surface area contributed by atoms with E-state index < -0.39 is 33.9 Å². The monoisotopic (exact) mass is 432 g/mol. The quantitative estimate of drug-likeness (QED) is 0.740. The number of nitrogens with zero attached hydrogens (tertiary/aromatic N) is 1. The molecule has 0 saturated carbocycles. The van der Waals surface area contributed by atoms with Crippen molar-refractivity contribution in [3.05, 3.63) is 45.1 Å². The molecule has 0 aromatic heterocycles. The van der Waals surface area contributed by atoms with Gasteiger partial charge in [0, 0.05) is 5.70 Å². The second kappa shape index (κ2) is 7.33. The topological polar surface area (TPSA) is 92.8 Å². The third-order valence-electron chi connectivity index (χ3n) is 4.78. The molecule has 1 N–H and O–H groups in total. The second-order valence-electron chi connectivity index (χ2n) is 6.47. The number of allylic oxidation sites excluding steroid dienone is 1. The molecular weight excluding hydrogens is 415 g/mol. The zero-order valence-electron chi connectivity index (χ0n) is 14.7. The van der Waals surface area contributed by atoms with E-state index in [-0.39, 0.29) is 22.1 Å². The molecular formula is C17H18Cl2N2O5S. The third-order valence-corrected chi connectivity index (χ3v) is 7.27. The van der Waals surface area contributed by atoms with Gasteiger partial charge >= 0.3 is 12.0 Å². The molecule has 7 nitrogen and oxygen atoms in total. The Morgan fingerprint density at radius 2 is 2.00 bits per heavy atom. The fraction of sp³-hybridized carbons (Fsp3) is 0.412. The first-order chi connectivity index (χ1) is 12.6. The van der Waals surface area contributed by atoms with Gasteiger partial charge in [-0.2, -0.15) is 0 Å². The lowest BCUT2D eigenvalue weighted by Gasteiger charge is -2.38. The maximum absolute atomic E-state index is 12.8. The van der Waals surface area contributed by atoms with Crippen LogP contribution in [0.2, 0.25) is 10.0 Å². The van der Waals surface area contributed by atoms with Crippen LogP contribution < -0.4 is 5.32 Å². The smallest absolute Gasteiger partial charge is 0.337 e. The summed E-state index contributed by atoms with van der Waals surface area (Å²) in [4.78, 5) is 26.6. The summed E-state index contributed by atoms with van der Waals surface area (Å²) in [6, 6.07) is 3.02. The fourth-order valence-corrected chi connectivity index (χ4v) is 5.50. The highest BCUT2D eigenvalue weighted by molar-refractivity contribution is 7.91. The molecule has 1 saturated heterocycles. The summed E-state index contributed by atoms with van der Waals surface area (Å²) in [6.45, 7) is 1.61. The van der Waals surface area contributed by atoms with Gasteiger partial charge in [-0.3, -0.25) is 4.90 Å². The van der Waals surface area contributed by atoms with Crippen LogP contribution in [-0.2, 0) is 19.4 Å². The highest BCUT2D eigenvalue weighted by atomic mass is 35.5. The zero-order valence-corrected chi connectivity index (χ0v) is 17.0. The predicted octanol–water partition coefficient (Wildman–Crippen LogP) is 2.69. The maximum Gasteiger partial charge on any atom is 0.337 e. The molecule has 2 heterocycles. The van der Waals surface area contributed by atoms with E-state index in [0.717, 1.165) is 0 Å². The zero-order chi connectivity index (χ0) is 19.9. The first kappa shape index (κ1) is 20.0. The summed E-state index contributed by atoms with van der Waals surface area (Å²) < 4.78 is 28.6. The highest BCUT2D eigenvalue weighted by Gasteiger charge is 2.42. The number of sulfone groups is 1. The van der Waals surface area contributed by atoms with Crippen molar-refractivity contribution >= 4 is 45.0 Å². The summed E-state index contributed by atoms with van der Waals surface area (Å²) in [6.07, 6.45) is 0.318. The summed E-state index contributed by atoms with van der Waals surface area (Å²) in [7, 11) is -1.96. The van der Waals surface area contributed by atoms with Crippen LogP contribution in [-0.4, -0.2) is 50.0 Å². The number of ether oxygens (including phenoxy) is 1. The fourth-order valence-electron chi connectivity index (χ4n) is 3.49. The van der Waals surface area contributed by atoms with E-state index in [4.69, 9.17) is 27.9 Å². The number of rotatable bonds is 3. The molecule has 10 heteroatoms. The van der Waals surface area contributed by atoms with Gasteiger partial charge < -0.3 is 10.1 Å².